The number of amides is 1. The molecule has 7 nitrogen and oxygen atoms in total. The van der Waals surface area contributed by atoms with Crippen LogP contribution in [0.5, 0.6) is 0 Å². The zero-order chi connectivity index (χ0) is 16.4. The van der Waals surface area contributed by atoms with Crippen LogP contribution in [0.15, 0.2) is 61.4 Å². The minimum absolute atomic E-state index is 0.0879. The molecule has 3 aromatic heterocycles. The predicted molar refractivity (Wildman–Crippen MR) is 89.8 cm³/mol. The van der Waals surface area contributed by atoms with Gasteiger partial charge in [-0.2, -0.15) is 5.10 Å². The number of H-pyrrole nitrogens is 1. The summed E-state index contributed by atoms with van der Waals surface area (Å²) in [5, 5.41) is 7.93. The van der Waals surface area contributed by atoms with Crippen LogP contribution in [0.4, 0.5) is 5.69 Å². The number of hydrogen-bond donors (Lipinski definition) is 2. The fraction of sp³-hybridized carbons (Fsp3) is 0.0588. The molecule has 0 unspecified atom stereocenters. The van der Waals surface area contributed by atoms with E-state index in [1.54, 1.807) is 29.3 Å². The van der Waals surface area contributed by atoms with Crippen LogP contribution in [-0.2, 0) is 11.2 Å². The van der Waals surface area contributed by atoms with Gasteiger partial charge in [0.2, 0.25) is 5.91 Å². The Labute approximate surface area is 137 Å². The molecule has 24 heavy (non-hydrogen) atoms. The van der Waals surface area contributed by atoms with Crippen LogP contribution in [0.3, 0.4) is 0 Å². The molecule has 0 fully saturated rings. The van der Waals surface area contributed by atoms with Gasteiger partial charge in [0.15, 0.2) is 5.82 Å². The van der Waals surface area contributed by atoms with Crippen molar-refractivity contribution in [3.8, 4) is 5.82 Å². The van der Waals surface area contributed by atoms with Crippen molar-refractivity contribution in [2.24, 2.45) is 0 Å². The van der Waals surface area contributed by atoms with Crippen molar-refractivity contribution in [2.45, 2.75) is 6.42 Å². The van der Waals surface area contributed by atoms with Crippen LogP contribution >= 0.6 is 0 Å². The van der Waals surface area contributed by atoms with Crippen LogP contribution in [-0.4, -0.2) is 30.6 Å². The number of carbonyl (C=O) groups is 1. The molecule has 0 bridgehead atoms. The highest BCUT2D eigenvalue weighted by Crippen LogP contribution is 2.18. The standard InChI is InChI=1S/C17H14N6O/c24-17(7-12-8-19-15-4-2-1-3-14(12)15)22-13-5-6-16(20-9-13)23-11-18-10-21-23/h1-6,8-11,19H,7H2,(H,22,24). The Hall–Kier alpha value is -3.48. The zero-order valence-corrected chi connectivity index (χ0v) is 12.7. The Bertz CT molecular complexity index is 972. The van der Waals surface area contributed by atoms with Gasteiger partial charge in [0.25, 0.3) is 0 Å². The molecule has 0 aliphatic heterocycles. The van der Waals surface area contributed by atoms with Crippen molar-refractivity contribution in [3.05, 3.63) is 67.0 Å². The number of nitrogens with one attached hydrogen (secondary N) is 2. The minimum atomic E-state index is -0.0879. The van der Waals surface area contributed by atoms with E-state index < -0.39 is 0 Å². The molecule has 0 saturated carbocycles. The molecule has 0 atom stereocenters. The summed E-state index contributed by atoms with van der Waals surface area (Å²) in [6.45, 7) is 0. The molecule has 2 N–H and O–H groups in total. The summed E-state index contributed by atoms with van der Waals surface area (Å²) in [6.07, 6.45) is 6.78. The van der Waals surface area contributed by atoms with Crippen molar-refractivity contribution in [2.75, 3.05) is 5.32 Å². The third-order valence-corrected chi connectivity index (χ3v) is 3.71. The molecule has 7 heteroatoms. The van der Waals surface area contributed by atoms with Gasteiger partial charge in [-0.3, -0.25) is 4.79 Å². The first-order valence-corrected chi connectivity index (χ1v) is 7.45. The highest BCUT2D eigenvalue weighted by molar-refractivity contribution is 5.95. The van der Waals surface area contributed by atoms with Crippen LogP contribution < -0.4 is 5.32 Å². The predicted octanol–water partition coefficient (Wildman–Crippen LogP) is 2.32. The minimum Gasteiger partial charge on any atom is -0.361 e. The second-order valence-corrected chi connectivity index (χ2v) is 5.33. The number of nitrogens with zero attached hydrogens (tertiary/aromatic N) is 4. The maximum absolute atomic E-state index is 12.3. The normalized spacial score (nSPS) is 10.8. The van der Waals surface area contributed by atoms with Gasteiger partial charge in [0, 0.05) is 17.1 Å². The highest BCUT2D eigenvalue weighted by atomic mass is 16.1. The van der Waals surface area contributed by atoms with Crippen LogP contribution in [0, 0.1) is 0 Å². The van der Waals surface area contributed by atoms with Gasteiger partial charge in [0.05, 0.1) is 18.3 Å². The van der Waals surface area contributed by atoms with Gasteiger partial charge < -0.3 is 10.3 Å². The lowest BCUT2D eigenvalue weighted by Gasteiger charge is -2.05. The largest absolute Gasteiger partial charge is 0.361 e. The second kappa shape index (κ2) is 5.96. The smallest absolute Gasteiger partial charge is 0.228 e. The lowest BCUT2D eigenvalue weighted by atomic mass is 10.1. The third kappa shape index (κ3) is 2.74. The fourth-order valence-electron chi connectivity index (χ4n) is 2.58. The molecular formula is C17H14N6O. The van der Waals surface area contributed by atoms with Crippen LogP contribution in [0.25, 0.3) is 16.7 Å². The molecule has 0 aliphatic carbocycles. The van der Waals surface area contributed by atoms with E-state index in [1.807, 2.05) is 30.5 Å². The van der Waals surface area contributed by atoms with Gasteiger partial charge in [-0.15, -0.1) is 0 Å². The lowest BCUT2D eigenvalue weighted by Crippen LogP contribution is -2.14. The SMILES string of the molecule is O=C(Cc1c[nH]c2ccccc12)Nc1ccc(-n2cncn2)nc1. The van der Waals surface area contributed by atoms with Crippen molar-refractivity contribution < 1.29 is 4.79 Å². The molecule has 1 aromatic carbocycles. The number of aromatic amines is 1. The maximum atomic E-state index is 12.3. The number of aromatic nitrogens is 5. The lowest BCUT2D eigenvalue weighted by molar-refractivity contribution is -0.115. The van der Waals surface area contributed by atoms with Gasteiger partial charge in [-0.1, -0.05) is 18.2 Å². The van der Waals surface area contributed by atoms with E-state index in [0.717, 1.165) is 16.5 Å². The summed E-state index contributed by atoms with van der Waals surface area (Å²) in [4.78, 5) is 23.6. The van der Waals surface area contributed by atoms with Crippen molar-refractivity contribution in [3.63, 3.8) is 0 Å². The van der Waals surface area contributed by atoms with Crippen molar-refractivity contribution in [1.82, 2.24) is 24.7 Å². The molecule has 0 aliphatic rings. The summed E-state index contributed by atoms with van der Waals surface area (Å²) >= 11 is 0. The molecule has 0 saturated heterocycles. The van der Waals surface area contributed by atoms with E-state index >= 15 is 0 Å². The Kier molecular flexibility index (Phi) is 3.51. The van der Waals surface area contributed by atoms with Crippen LogP contribution in [0.2, 0.25) is 0 Å². The molecule has 4 aromatic rings. The Morgan fingerprint density at radius 2 is 2.12 bits per heavy atom. The Balaban J connectivity index is 1.46. The number of rotatable bonds is 4. The maximum Gasteiger partial charge on any atom is 0.228 e. The molecule has 0 spiro atoms. The summed E-state index contributed by atoms with van der Waals surface area (Å²) in [6, 6.07) is 11.5. The average molecular weight is 318 g/mol. The Morgan fingerprint density at radius 1 is 1.21 bits per heavy atom. The molecular weight excluding hydrogens is 304 g/mol. The molecule has 1 amide bonds. The van der Waals surface area contributed by atoms with Crippen molar-refractivity contribution >= 4 is 22.5 Å². The number of carbonyl (C=O) groups excluding carboxylic acids is 1. The molecule has 118 valence electrons. The van der Waals surface area contributed by atoms with E-state index in [-0.39, 0.29) is 5.91 Å². The molecule has 3 heterocycles. The third-order valence-electron chi connectivity index (χ3n) is 3.71. The number of hydrogen-bond acceptors (Lipinski definition) is 4. The van der Waals surface area contributed by atoms with Crippen LogP contribution in [0.1, 0.15) is 5.56 Å². The highest BCUT2D eigenvalue weighted by Gasteiger charge is 2.09. The summed E-state index contributed by atoms with van der Waals surface area (Å²) < 4.78 is 1.55. The monoisotopic (exact) mass is 318 g/mol. The number of pyridine rings is 1. The first-order valence-electron chi connectivity index (χ1n) is 7.45. The number of benzene rings is 1. The zero-order valence-electron chi connectivity index (χ0n) is 12.7. The second-order valence-electron chi connectivity index (χ2n) is 5.33. The fourth-order valence-corrected chi connectivity index (χ4v) is 2.58. The average Bonchev–Trinajstić information content (AvgIpc) is 3.26. The van der Waals surface area contributed by atoms with Gasteiger partial charge in [0.1, 0.15) is 12.7 Å². The number of fused-ring (bicyclic) bond motifs is 1. The quantitative estimate of drug-likeness (QED) is 0.604. The summed E-state index contributed by atoms with van der Waals surface area (Å²) in [7, 11) is 0. The van der Waals surface area contributed by atoms with E-state index in [0.29, 0.717) is 17.9 Å². The van der Waals surface area contributed by atoms with E-state index in [9.17, 15) is 4.79 Å². The van der Waals surface area contributed by atoms with E-state index in [4.69, 9.17) is 0 Å². The molecule has 0 radical (unpaired) electrons. The van der Waals surface area contributed by atoms with Gasteiger partial charge >= 0.3 is 0 Å². The van der Waals surface area contributed by atoms with E-state index in [1.165, 1.54) is 6.33 Å². The Morgan fingerprint density at radius 3 is 2.92 bits per heavy atom. The van der Waals surface area contributed by atoms with E-state index in [2.05, 4.69) is 25.4 Å². The number of anilines is 1. The topological polar surface area (TPSA) is 88.5 Å². The van der Waals surface area contributed by atoms with Gasteiger partial charge in [-0.25, -0.2) is 14.6 Å². The first-order chi connectivity index (χ1) is 11.8. The summed E-state index contributed by atoms with van der Waals surface area (Å²) in [5.74, 6) is 0.553. The summed E-state index contributed by atoms with van der Waals surface area (Å²) in [5.41, 5.74) is 2.64. The molecule has 4 rings (SSSR count). The van der Waals surface area contributed by atoms with Crippen molar-refractivity contribution in [1.29, 1.82) is 0 Å². The number of para-hydroxylation sites is 1. The van der Waals surface area contributed by atoms with Gasteiger partial charge in [-0.05, 0) is 23.8 Å². The first kappa shape index (κ1) is 14.1.